The lowest BCUT2D eigenvalue weighted by Crippen LogP contribution is -2.25. The SMILES string of the molecule is CCCCNC(=O)c1cc(Nc2cc(C)c(Cl)cc2OC)ncn1. The van der Waals surface area contributed by atoms with Gasteiger partial charge < -0.3 is 15.4 Å². The van der Waals surface area contributed by atoms with Gasteiger partial charge in [-0.3, -0.25) is 4.79 Å². The van der Waals surface area contributed by atoms with Crippen molar-refractivity contribution in [3.63, 3.8) is 0 Å². The van der Waals surface area contributed by atoms with Gasteiger partial charge in [-0.15, -0.1) is 0 Å². The number of benzene rings is 1. The van der Waals surface area contributed by atoms with Gasteiger partial charge in [0.05, 0.1) is 12.8 Å². The van der Waals surface area contributed by atoms with Gasteiger partial charge >= 0.3 is 0 Å². The molecule has 1 amide bonds. The average Bonchev–Trinajstić information content (AvgIpc) is 2.58. The lowest BCUT2D eigenvalue weighted by atomic mass is 10.2. The molecule has 6 nitrogen and oxygen atoms in total. The summed E-state index contributed by atoms with van der Waals surface area (Å²) in [6.07, 6.45) is 3.31. The predicted octanol–water partition coefficient (Wildman–Crippen LogP) is 3.72. The first-order valence-corrected chi connectivity index (χ1v) is 8.14. The third kappa shape index (κ3) is 4.58. The largest absolute Gasteiger partial charge is 0.495 e. The Morgan fingerprint density at radius 1 is 1.29 bits per heavy atom. The second-order valence-electron chi connectivity index (χ2n) is 5.32. The van der Waals surface area contributed by atoms with Crippen molar-refractivity contribution < 1.29 is 9.53 Å². The van der Waals surface area contributed by atoms with Crippen molar-refractivity contribution in [1.29, 1.82) is 0 Å². The Morgan fingerprint density at radius 3 is 2.79 bits per heavy atom. The van der Waals surface area contributed by atoms with E-state index in [9.17, 15) is 4.79 Å². The number of rotatable bonds is 7. The monoisotopic (exact) mass is 348 g/mol. The third-order valence-electron chi connectivity index (χ3n) is 3.46. The lowest BCUT2D eigenvalue weighted by molar-refractivity contribution is 0.0948. The molecule has 0 aliphatic heterocycles. The number of halogens is 1. The molecule has 0 saturated carbocycles. The van der Waals surface area contributed by atoms with Crippen LogP contribution in [0.4, 0.5) is 11.5 Å². The fourth-order valence-electron chi connectivity index (χ4n) is 2.09. The highest BCUT2D eigenvalue weighted by molar-refractivity contribution is 6.31. The van der Waals surface area contributed by atoms with E-state index in [-0.39, 0.29) is 5.91 Å². The summed E-state index contributed by atoms with van der Waals surface area (Å²) in [4.78, 5) is 20.2. The number of carbonyl (C=O) groups is 1. The predicted molar refractivity (Wildman–Crippen MR) is 95.3 cm³/mol. The maximum atomic E-state index is 12.1. The van der Waals surface area contributed by atoms with Gasteiger partial charge in [0, 0.05) is 23.7 Å². The van der Waals surface area contributed by atoms with Crippen LogP contribution in [0.1, 0.15) is 35.8 Å². The summed E-state index contributed by atoms with van der Waals surface area (Å²) in [7, 11) is 1.57. The van der Waals surface area contributed by atoms with E-state index in [1.165, 1.54) is 6.33 Å². The van der Waals surface area contributed by atoms with E-state index in [2.05, 4.69) is 27.5 Å². The van der Waals surface area contributed by atoms with Crippen molar-refractivity contribution in [2.45, 2.75) is 26.7 Å². The van der Waals surface area contributed by atoms with Crippen molar-refractivity contribution in [2.75, 3.05) is 19.0 Å². The van der Waals surface area contributed by atoms with Gasteiger partial charge in [0.25, 0.3) is 5.91 Å². The highest BCUT2D eigenvalue weighted by Crippen LogP contribution is 2.32. The quantitative estimate of drug-likeness (QED) is 0.746. The Morgan fingerprint density at radius 2 is 2.08 bits per heavy atom. The van der Waals surface area contributed by atoms with Crippen LogP contribution in [0.3, 0.4) is 0 Å². The molecule has 0 spiro atoms. The topological polar surface area (TPSA) is 76.1 Å². The summed E-state index contributed by atoms with van der Waals surface area (Å²) in [5.74, 6) is 0.886. The molecule has 0 unspecified atom stereocenters. The number of ether oxygens (including phenoxy) is 1. The zero-order valence-corrected chi connectivity index (χ0v) is 14.8. The number of anilines is 2. The Balaban J connectivity index is 2.18. The van der Waals surface area contributed by atoms with Crippen molar-refractivity contribution >= 4 is 29.0 Å². The maximum absolute atomic E-state index is 12.1. The van der Waals surface area contributed by atoms with Crippen LogP contribution in [0.2, 0.25) is 5.02 Å². The van der Waals surface area contributed by atoms with Crippen LogP contribution in [0.15, 0.2) is 24.5 Å². The molecule has 0 atom stereocenters. The van der Waals surface area contributed by atoms with Gasteiger partial charge in [-0.05, 0) is 25.0 Å². The molecule has 0 aliphatic carbocycles. The van der Waals surface area contributed by atoms with Crippen molar-refractivity contribution in [1.82, 2.24) is 15.3 Å². The zero-order chi connectivity index (χ0) is 17.5. The van der Waals surface area contributed by atoms with E-state index in [0.29, 0.717) is 28.8 Å². The van der Waals surface area contributed by atoms with Crippen LogP contribution in [-0.4, -0.2) is 29.5 Å². The standard InChI is InChI=1S/C17H21ClN4O2/c1-4-5-6-19-17(23)14-9-16(21-10-20-14)22-13-7-11(2)12(18)8-15(13)24-3/h7-10H,4-6H2,1-3H3,(H,19,23)(H,20,21,22). The molecule has 7 heteroatoms. The Bertz CT molecular complexity index is 722. The maximum Gasteiger partial charge on any atom is 0.270 e. The normalized spacial score (nSPS) is 10.3. The molecular formula is C17H21ClN4O2. The number of aromatic nitrogens is 2. The van der Waals surface area contributed by atoms with E-state index in [0.717, 1.165) is 24.1 Å². The van der Waals surface area contributed by atoms with E-state index in [1.54, 1.807) is 19.2 Å². The molecule has 24 heavy (non-hydrogen) atoms. The van der Waals surface area contributed by atoms with Crippen LogP contribution in [0, 0.1) is 6.92 Å². The van der Waals surface area contributed by atoms with Gasteiger partial charge in [0.15, 0.2) is 0 Å². The number of methoxy groups -OCH3 is 1. The molecule has 128 valence electrons. The third-order valence-corrected chi connectivity index (χ3v) is 3.87. The fraction of sp³-hybridized carbons (Fsp3) is 0.353. The van der Waals surface area contributed by atoms with Crippen LogP contribution in [0.25, 0.3) is 0 Å². The zero-order valence-electron chi connectivity index (χ0n) is 14.0. The van der Waals surface area contributed by atoms with Crippen molar-refractivity contribution in [2.24, 2.45) is 0 Å². The molecule has 0 bridgehead atoms. The molecule has 2 rings (SSSR count). The molecule has 2 N–H and O–H groups in total. The number of unbranched alkanes of at least 4 members (excludes halogenated alkanes) is 1. The first-order chi connectivity index (χ1) is 11.5. The summed E-state index contributed by atoms with van der Waals surface area (Å²) < 4.78 is 5.33. The minimum Gasteiger partial charge on any atom is -0.495 e. The summed E-state index contributed by atoms with van der Waals surface area (Å²) in [6.45, 7) is 4.60. The number of nitrogens with one attached hydrogen (secondary N) is 2. The van der Waals surface area contributed by atoms with E-state index in [4.69, 9.17) is 16.3 Å². The van der Waals surface area contributed by atoms with Crippen molar-refractivity contribution in [3.05, 3.63) is 40.8 Å². The molecule has 1 heterocycles. The number of nitrogens with zero attached hydrogens (tertiary/aromatic N) is 2. The number of hydrogen-bond donors (Lipinski definition) is 2. The van der Waals surface area contributed by atoms with Gasteiger partial charge in [-0.25, -0.2) is 9.97 Å². The number of carbonyl (C=O) groups excluding carboxylic acids is 1. The van der Waals surface area contributed by atoms with Crippen molar-refractivity contribution in [3.8, 4) is 5.75 Å². The Labute approximate surface area is 146 Å². The van der Waals surface area contributed by atoms with Gasteiger partial charge in [-0.2, -0.15) is 0 Å². The molecule has 1 aromatic carbocycles. The van der Waals surface area contributed by atoms with E-state index < -0.39 is 0 Å². The average molecular weight is 349 g/mol. The van der Waals surface area contributed by atoms with Crippen LogP contribution < -0.4 is 15.4 Å². The van der Waals surface area contributed by atoms with E-state index in [1.807, 2.05) is 13.0 Å². The lowest BCUT2D eigenvalue weighted by Gasteiger charge is -2.13. The van der Waals surface area contributed by atoms with Crippen LogP contribution >= 0.6 is 11.6 Å². The summed E-state index contributed by atoms with van der Waals surface area (Å²) in [5.41, 5.74) is 1.94. The Kier molecular flexibility index (Phi) is 6.37. The molecule has 2 aromatic rings. The van der Waals surface area contributed by atoms with Crippen LogP contribution in [0.5, 0.6) is 5.75 Å². The molecule has 0 saturated heterocycles. The fourth-order valence-corrected chi connectivity index (χ4v) is 2.24. The number of hydrogen-bond acceptors (Lipinski definition) is 5. The van der Waals surface area contributed by atoms with Crippen LogP contribution in [-0.2, 0) is 0 Å². The van der Waals surface area contributed by atoms with Gasteiger partial charge in [0.2, 0.25) is 0 Å². The van der Waals surface area contributed by atoms with E-state index >= 15 is 0 Å². The second-order valence-corrected chi connectivity index (χ2v) is 5.73. The minimum absolute atomic E-state index is 0.215. The molecular weight excluding hydrogens is 328 g/mol. The van der Waals surface area contributed by atoms with Gasteiger partial charge in [0.1, 0.15) is 23.6 Å². The number of aryl methyl sites for hydroxylation is 1. The first kappa shape index (κ1) is 18.0. The van der Waals surface area contributed by atoms with Gasteiger partial charge in [-0.1, -0.05) is 24.9 Å². The molecule has 1 aromatic heterocycles. The minimum atomic E-state index is -0.215. The second kappa shape index (κ2) is 8.49. The molecule has 0 fully saturated rings. The first-order valence-electron chi connectivity index (χ1n) is 7.76. The summed E-state index contributed by atoms with van der Waals surface area (Å²) in [6, 6.07) is 5.20. The summed E-state index contributed by atoms with van der Waals surface area (Å²) >= 11 is 6.11. The molecule has 0 radical (unpaired) electrons. The number of amides is 1. The highest BCUT2D eigenvalue weighted by atomic mass is 35.5. The highest BCUT2D eigenvalue weighted by Gasteiger charge is 2.11. The smallest absolute Gasteiger partial charge is 0.270 e. The molecule has 0 aliphatic rings. The summed E-state index contributed by atoms with van der Waals surface area (Å²) in [5, 5.41) is 6.59. The Hall–Kier alpha value is -2.34.